The van der Waals surface area contributed by atoms with Crippen LogP contribution in [0.3, 0.4) is 0 Å². The summed E-state index contributed by atoms with van der Waals surface area (Å²) in [6.45, 7) is 3.99. The van der Waals surface area contributed by atoms with Crippen molar-refractivity contribution in [2.45, 2.75) is 39.5 Å². The fourth-order valence-corrected chi connectivity index (χ4v) is 2.83. The second kappa shape index (κ2) is 3.90. The van der Waals surface area contributed by atoms with Gasteiger partial charge in [0.05, 0.1) is 5.41 Å². The van der Waals surface area contributed by atoms with Crippen molar-refractivity contribution in [2.75, 3.05) is 5.01 Å². The summed E-state index contributed by atoms with van der Waals surface area (Å²) < 4.78 is 0. The summed E-state index contributed by atoms with van der Waals surface area (Å²) >= 11 is 0. The minimum atomic E-state index is -0.183. The number of pyridine rings is 1. The van der Waals surface area contributed by atoms with Crippen molar-refractivity contribution in [3.05, 3.63) is 23.9 Å². The molecule has 4 heteroatoms. The molecule has 1 spiro atoms. The highest BCUT2D eigenvalue weighted by atomic mass is 16.2. The maximum atomic E-state index is 12.6. The average molecular weight is 243 g/mol. The third-order valence-electron chi connectivity index (χ3n) is 3.94. The van der Waals surface area contributed by atoms with Crippen LogP contribution in [0.4, 0.5) is 5.82 Å². The largest absolute Gasteiger partial charge is 0.272 e. The first kappa shape index (κ1) is 11.4. The number of anilines is 1. The first-order chi connectivity index (χ1) is 8.61. The molecule has 0 atom stereocenters. The smallest absolute Gasteiger partial charge is 0.255 e. The summed E-state index contributed by atoms with van der Waals surface area (Å²) in [7, 11) is 0. The Balaban J connectivity index is 2.00. The Morgan fingerprint density at radius 1 is 1.33 bits per heavy atom. The van der Waals surface area contributed by atoms with Gasteiger partial charge < -0.3 is 0 Å². The SMILES string of the molecule is CC1=NN(c2cc(C)ccn2)C(=O)C2(CCC2)C1. The van der Waals surface area contributed by atoms with E-state index in [1.165, 1.54) is 5.01 Å². The number of carbonyl (C=O) groups excluding carboxylic acids is 1. The van der Waals surface area contributed by atoms with E-state index < -0.39 is 0 Å². The Labute approximate surface area is 107 Å². The van der Waals surface area contributed by atoms with Crippen LogP contribution in [0.5, 0.6) is 0 Å². The monoisotopic (exact) mass is 243 g/mol. The Kier molecular flexibility index (Phi) is 2.47. The molecule has 0 bridgehead atoms. The van der Waals surface area contributed by atoms with Gasteiger partial charge in [0, 0.05) is 18.3 Å². The van der Waals surface area contributed by atoms with E-state index in [0.717, 1.165) is 37.0 Å². The van der Waals surface area contributed by atoms with E-state index in [4.69, 9.17) is 0 Å². The molecule has 3 rings (SSSR count). The molecule has 1 fully saturated rings. The normalized spacial score (nSPS) is 21.8. The Morgan fingerprint density at radius 2 is 2.11 bits per heavy atom. The zero-order valence-corrected chi connectivity index (χ0v) is 10.8. The highest BCUT2D eigenvalue weighted by molar-refractivity contribution is 6.05. The van der Waals surface area contributed by atoms with Gasteiger partial charge in [0.1, 0.15) is 0 Å². The van der Waals surface area contributed by atoms with Crippen molar-refractivity contribution in [1.82, 2.24) is 4.98 Å². The second-order valence-electron chi connectivity index (χ2n) is 5.45. The van der Waals surface area contributed by atoms with Crippen molar-refractivity contribution >= 4 is 17.4 Å². The quantitative estimate of drug-likeness (QED) is 0.761. The molecular weight excluding hydrogens is 226 g/mol. The molecule has 18 heavy (non-hydrogen) atoms. The first-order valence-corrected chi connectivity index (χ1v) is 6.42. The maximum absolute atomic E-state index is 12.6. The molecule has 94 valence electrons. The van der Waals surface area contributed by atoms with E-state index in [1.54, 1.807) is 6.20 Å². The number of rotatable bonds is 1. The van der Waals surface area contributed by atoms with Crippen LogP contribution in [0.2, 0.25) is 0 Å². The lowest BCUT2D eigenvalue weighted by molar-refractivity contribution is -0.133. The van der Waals surface area contributed by atoms with Crippen LogP contribution in [0.25, 0.3) is 0 Å². The molecule has 0 radical (unpaired) electrons. The molecule has 1 aromatic heterocycles. The topological polar surface area (TPSA) is 45.6 Å². The van der Waals surface area contributed by atoms with Crippen molar-refractivity contribution < 1.29 is 4.79 Å². The standard InChI is InChI=1S/C14H17N3O/c1-10-4-7-15-12(8-10)17-13(18)14(5-3-6-14)9-11(2)16-17/h4,7-8H,3,5-6,9H2,1-2H3. The van der Waals surface area contributed by atoms with Gasteiger partial charge in [-0.3, -0.25) is 4.79 Å². The summed E-state index contributed by atoms with van der Waals surface area (Å²) in [6.07, 6.45) is 5.66. The number of amides is 1. The van der Waals surface area contributed by atoms with Gasteiger partial charge in [0.15, 0.2) is 5.82 Å². The van der Waals surface area contributed by atoms with E-state index in [9.17, 15) is 4.79 Å². The highest BCUT2D eigenvalue weighted by Gasteiger charge is 2.49. The second-order valence-corrected chi connectivity index (χ2v) is 5.45. The number of hydrogen-bond acceptors (Lipinski definition) is 3. The van der Waals surface area contributed by atoms with Gasteiger partial charge in [-0.2, -0.15) is 10.1 Å². The molecule has 2 aliphatic rings. The van der Waals surface area contributed by atoms with Crippen LogP contribution in [-0.2, 0) is 4.79 Å². The van der Waals surface area contributed by atoms with E-state index in [-0.39, 0.29) is 11.3 Å². The lowest BCUT2D eigenvalue weighted by atomic mass is 9.64. The third-order valence-corrected chi connectivity index (χ3v) is 3.94. The fraction of sp³-hybridized carbons (Fsp3) is 0.500. The van der Waals surface area contributed by atoms with Gasteiger partial charge in [0.2, 0.25) is 0 Å². The molecule has 4 nitrogen and oxygen atoms in total. The number of hydrogen-bond donors (Lipinski definition) is 0. The summed E-state index contributed by atoms with van der Waals surface area (Å²) in [5, 5.41) is 5.89. The molecule has 0 saturated heterocycles. The van der Waals surface area contributed by atoms with Crippen LogP contribution in [-0.4, -0.2) is 16.6 Å². The van der Waals surface area contributed by atoms with Gasteiger partial charge in [-0.25, -0.2) is 4.98 Å². The van der Waals surface area contributed by atoms with Crippen molar-refractivity contribution in [2.24, 2.45) is 10.5 Å². The average Bonchev–Trinajstić information content (AvgIpc) is 2.29. The summed E-state index contributed by atoms with van der Waals surface area (Å²) in [4.78, 5) is 16.8. The number of aryl methyl sites for hydroxylation is 1. The van der Waals surface area contributed by atoms with Gasteiger partial charge in [-0.15, -0.1) is 0 Å². The first-order valence-electron chi connectivity index (χ1n) is 6.42. The van der Waals surface area contributed by atoms with E-state index >= 15 is 0 Å². The van der Waals surface area contributed by atoms with E-state index in [1.807, 2.05) is 26.0 Å². The van der Waals surface area contributed by atoms with Crippen molar-refractivity contribution in [1.29, 1.82) is 0 Å². The lowest BCUT2D eigenvalue weighted by Crippen LogP contribution is -2.50. The van der Waals surface area contributed by atoms with Crippen LogP contribution in [0.15, 0.2) is 23.4 Å². The summed E-state index contributed by atoms with van der Waals surface area (Å²) in [5.74, 6) is 0.766. The number of hydrazone groups is 1. The molecule has 1 saturated carbocycles. The minimum Gasteiger partial charge on any atom is -0.272 e. The Hall–Kier alpha value is -1.71. The van der Waals surface area contributed by atoms with Gasteiger partial charge in [-0.1, -0.05) is 6.42 Å². The maximum Gasteiger partial charge on any atom is 0.255 e. The Morgan fingerprint density at radius 3 is 2.72 bits per heavy atom. The van der Waals surface area contributed by atoms with Crippen LogP contribution in [0.1, 0.15) is 38.2 Å². The third kappa shape index (κ3) is 1.64. The predicted octanol–water partition coefficient (Wildman–Crippen LogP) is 2.67. The fourth-order valence-electron chi connectivity index (χ4n) is 2.83. The molecule has 0 aromatic carbocycles. The highest BCUT2D eigenvalue weighted by Crippen LogP contribution is 2.48. The molecule has 0 N–H and O–H groups in total. The van der Waals surface area contributed by atoms with E-state index in [0.29, 0.717) is 5.82 Å². The summed E-state index contributed by atoms with van der Waals surface area (Å²) in [6, 6.07) is 3.83. The molecule has 2 heterocycles. The van der Waals surface area contributed by atoms with Crippen LogP contribution < -0.4 is 5.01 Å². The number of carbonyl (C=O) groups is 1. The van der Waals surface area contributed by atoms with Gasteiger partial charge in [0.25, 0.3) is 5.91 Å². The minimum absolute atomic E-state index is 0.123. The molecule has 1 aliphatic heterocycles. The molecule has 0 unspecified atom stereocenters. The lowest BCUT2D eigenvalue weighted by Gasteiger charge is -2.44. The van der Waals surface area contributed by atoms with E-state index in [2.05, 4.69) is 10.1 Å². The predicted molar refractivity (Wildman–Crippen MR) is 70.5 cm³/mol. The zero-order chi connectivity index (χ0) is 12.8. The van der Waals surface area contributed by atoms with Crippen LogP contribution in [0, 0.1) is 12.3 Å². The van der Waals surface area contributed by atoms with Gasteiger partial charge >= 0.3 is 0 Å². The van der Waals surface area contributed by atoms with Crippen molar-refractivity contribution in [3.63, 3.8) is 0 Å². The van der Waals surface area contributed by atoms with Crippen LogP contribution >= 0.6 is 0 Å². The molecule has 1 aromatic rings. The molecule has 1 amide bonds. The van der Waals surface area contributed by atoms with Gasteiger partial charge in [-0.05, 0) is 44.4 Å². The molecule has 1 aliphatic carbocycles. The molecular formula is C14H17N3O. The zero-order valence-electron chi connectivity index (χ0n) is 10.8. The summed E-state index contributed by atoms with van der Waals surface area (Å²) in [5.41, 5.74) is 1.93. The Bertz CT molecular complexity index is 532. The van der Waals surface area contributed by atoms with Crippen molar-refractivity contribution in [3.8, 4) is 0 Å². The number of nitrogens with zero attached hydrogens (tertiary/aromatic N) is 3. The number of aromatic nitrogens is 1.